The number of aliphatic carboxylic acids is 2. The molecule has 1 fully saturated rings. The fraction of sp³-hybridized carbons (Fsp3) is 0.500. The van der Waals surface area contributed by atoms with Crippen LogP contribution < -0.4 is 10.6 Å². The SMILES string of the molecule is O=C(NC1(C(=O)O)COCCOCCOCC(NC(=O)OCc2ccccc2)(C(=O)O)COCCOCCOC1)OCc1ccccc1. The zero-order valence-corrected chi connectivity index (χ0v) is 26.5. The van der Waals surface area contributed by atoms with E-state index in [4.69, 9.17) is 37.9 Å². The molecule has 2 amide bonds. The first-order valence-electron chi connectivity index (χ1n) is 15.2. The number of rotatable bonds is 8. The van der Waals surface area contributed by atoms with E-state index in [1.165, 1.54) is 0 Å². The van der Waals surface area contributed by atoms with Crippen molar-refractivity contribution in [3.63, 3.8) is 0 Å². The maximum absolute atomic E-state index is 12.6. The first-order valence-corrected chi connectivity index (χ1v) is 15.2. The van der Waals surface area contributed by atoms with E-state index in [1.54, 1.807) is 48.5 Å². The third-order valence-electron chi connectivity index (χ3n) is 6.81. The average molecular weight is 679 g/mol. The molecule has 0 unspecified atom stereocenters. The van der Waals surface area contributed by atoms with Crippen molar-refractivity contribution in [3.05, 3.63) is 71.8 Å². The lowest BCUT2D eigenvalue weighted by molar-refractivity contribution is -0.152. The normalized spacial score (nSPS) is 22.3. The number of carbonyl (C=O) groups is 4. The number of carboxylic acid groups (broad SMARTS) is 2. The van der Waals surface area contributed by atoms with Crippen LogP contribution in [0.15, 0.2) is 60.7 Å². The molecule has 0 spiro atoms. The van der Waals surface area contributed by atoms with Crippen LogP contribution in [0.4, 0.5) is 9.59 Å². The van der Waals surface area contributed by atoms with Crippen molar-refractivity contribution in [2.45, 2.75) is 24.3 Å². The highest BCUT2D eigenvalue weighted by molar-refractivity contribution is 5.85. The highest BCUT2D eigenvalue weighted by atomic mass is 16.6. The van der Waals surface area contributed by atoms with Crippen LogP contribution >= 0.6 is 0 Å². The number of amides is 2. The van der Waals surface area contributed by atoms with Crippen molar-refractivity contribution in [1.82, 2.24) is 10.6 Å². The quantitative estimate of drug-likeness (QED) is 0.313. The van der Waals surface area contributed by atoms with E-state index in [2.05, 4.69) is 10.6 Å². The monoisotopic (exact) mass is 678 g/mol. The fourth-order valence-corrected chi connectivity index (χ4v) is 4.15. The summed E-state index contributed by atoms with van der Waals surface area (Å²) in [6.07, 6.45) is -1.94. The summed E-state index contributed by atoms with van der Waals surface area (Å²) in [6.45, 7) is -2.16. The van der Waals surface area contributed by atoms with Gasteiger partial charge in [-0.2, -0.15) is 0 Å². The number of carbonyl (C=O) groups excluding carboxylic acids is 2. The number of benzene rings is 2. The van der Waals surface area contributed by atoms with Gasteiger partial charge >= 0.3 is 24.1 Å². The van der Waals surface area contributed by atoms with E-state index < -0.39 is 61.6 Å². The van der Waals surface area contributed by atoms with Crippen LogP contribution in [0, 0.1) is 0 Å². The Labute approximate surface area is 277 Å². The third kappa shape index (κ3) is 13.4. The van der Waals surface area contributed by atoms with Gasteiger partial charge in [0.2, 0.25) is 0 Å². The third-order valence-corrected chi connectivity index (χ3v) is 6.81. The summed E-state index contributed by atoms with van der Waals surface area (Å²) < 4.78 is 43.5. The Kier molecular flexibility index (Phi) is 16.5. The van der Waals surface area contributed by atoms with Crippen molar-refractivity contribution in [1.29, 1.82) is 0 Å². The first-order chi connectivity index (χ1) is 23.2. The fourth-order valence-electron chi connectivity index (χ4n) is 4.15. The van der Waals surface area contributed by atoms with Crippen LogP contribution in [-0.2, 0) is 60.7 Å². The summed E-state index contributed by atoms with van der Waals surface area (Å²) in [7, 11) is 0. The molecule has 0 aliphatic carbocycles. The van der Waals surface area contributed by atoms with Gasteiger partial charge in [-0.1, -0.05) is 60.7 Å². The van der Waals surface area contributed by atoms with Crippen molar-refractivity contribution in [3.8, 4) is 0 Å². The van der Waals surface area contributed by atoms with E-state index in [0.717, 1.165) is 0 Å². The lowest BCUT2D eigenvalue weighted by Gasteiger charge is -2.30. The molecule has 0 radical (unpaired) electrons. The zero-order chi connectivity index (χ0) is 34.5. The smallest absolute Gasteiger partial charge is 0.408 e. The molecule has 1 aliphatic rings. The number of hydrogen-bond acceptors (Lipinski definition) is 12. The van der Waals surface area contributed by atoms with Crippen LogP contribution in [0.3, 0.4) is 0 Å². The largest absolute Gasteiger partial charge is 0.479 e. The molecule has 0 bridgehead atoms. The predicted octanol–water partition coefficient (Wildman–Crippen LogP) is 1.60. The molecule has 0 aromatic heterocycles. The van der Waals surface area contributed by atoms with Crippen LogP contribution in [0.5, 0.6) is 0 Å². The lowest BCUT2D eigenvalue weighted by atomic mass is 10.0. The second-order valence-electron chi connectivity index (χ2n) is 10.6. The molecular weight excluding hydrogens is 636 g/mol. The Morgan fingerprint density at radius 1 is 0.521 bits per heavy atom. The van der Waals surface area contributed by atoms with Crippen molar-refractivity contribution < 1.29 is 67.3 Å². The van der Waals surface area contributed by atoms with E-state index >= 15 is 0 Å². The second-order valence-corrected chi connectivity index (χ2v) is 10.6. The molecule has 1 saturated heterocycles. The molecule has 0 saturated carbocycles. The summed E-state index contributed by atoms with van der Waals surface area (Å²) in [5.74, 6) is -2.80. The molecule has 4 N–H and O–H groups in total. The Morgan fingerprint density at radius 2 is 0.812 bits per heavy atom. The summed E-state index contributed by atoms with van der Waals surface area (Å²) in [5, 5.41) is 24.8. The number of ether oxygens (including phenoxy) is 8. The van der Waals surface area contributed by atoms with Gasteiger partial charge in [0, 0.05) is 0 Å². The predicted molar refractivity (Wildman–Crippen MR) is 165 cm³/mol. The maximum Gasteiger partial charge on any atom is 0.408 e. The van der Waals surface area contributed by atoms with Gasteiger partial charge in [-0.25, -0.2) is 19.2 Å². The molecule has 264 valence electrons. The highest BCUT2D eigenvalue weighted by Gasteiger charge is 2.43. The Balaban J connectivity index is 1.55. The van der Waals surface area contributed by atoms with Gasteiger partial charge in [-0.05, 0) is 11.1 Å². The first kappa shape index (κ1) is 38.1. The maximum atomic E-state index is 12.6. The Bertz CT molecular complexity index is 1150. The van der Waals surface area contributed by atoms with Crippen LogP contribution in [-0.4, -0.2) is 125 Å². The summed E-state index contributed by atoms with van der Waals surface area (Å²) in [4.78, 5) is 49.8. The zero-order valence-electron chi connectivity index (χ0n) is 26.5. The molecular formula is C32H42N2O14. The molecule has 2 aromatic carbocycles. The molecule has 48 heavy (non-hydrogen) atoms. The molecule has 1 aliphatic heterocycles. The Hall–Kier alpha value is -4.32. The van der Waals surface area contributed by atoms with Gasteiger partial charge in [0.15, 0.2) is 11.1 Å². The Morgan fingerprint density at radius 3 is 1.10 bits per heavy atom. The number of nitrogens with one attached hydrogen (secondary N) is 2. The van der Waals surface area contributed by atoms with Gasteiger partial charge in [-0.15, -0.1) is 0 Å². The topological polar surface area (TPSA) is 207 Å². The van der Waals surface area contributed by atoms with Crippen LogP contribution in [0.2, 0.25) is 0 Å². The van der Waals surface area contributed by atoms with Crippen LogP contribution in [0.1, 0.15) is 11.1 Å². The minimum atomic E-state index is -1.98. The van der Waals surface area contributed by atoms with Gasteiger partial charge in [0.25, 0.3) is 0 Å². The number of alkyl carbamates (subject to hydrolysis) is 2. The van der Waals surface area contributed by atoms with E-state index in [9.17, 15) is 29.4 Å². The van der Waals surface area contributed by atoms with Gasteiger partial charge in [0.05, 0.1) is 79.3 Å². The van der Waals surface area contributed by atoms with E-state index in [-0.39, 0.29) is 66.1 Å². The minimum Gasteiger partial charge on any atom is -0.479 e. The van der Waals surface area contributed by atoms with Gasteiger partial charge in [0.1, 0.15) is 13.2 Å². The average Bonchev–Trinajstić information content (AvgIpc) is 3.08. The van der Waals surface area contributed by atoms with Gasteiger partial charge < -0.3 is 58.7 Å². The molecule has 2 aromatic rings. The summed E-state index contributed by atoms with van der Waals surface area (Å²) in [6, 6.07) is 17.8. The van der Waals surface area contributed by atoms with Crippen molar-refractivity contribution in [2.75, 3.05) is 79.3 Å². The van der Waals surface area contributed by atoms with Crippen LogP contribution in [0.25, 0.3) is 0 Å². The number of carboxylic acids is 2. The standard InChI is InChI=1S/C32H42N2O14/c35-27(36)31(33-29(39)47-19-25-7-3-1-4-8-25)21-43-15-11-41-13-17-45-23-32(28(37)38,24-46-18-14-42-12-16-44-22-31)34-30(40)48-20-26-9-5-2-6-10-26/h1-10H,11-24H2,(H,33,39)(H,34,40)(H,35,36)(H,37,38). The number of hydrogen-bond donors (Lipinski definition) is 4. The second kappa shape index (κ2) is 20.8. The molecule has 16 heteroatoms. The van der Waals surface area contributed by atoms with Crippen molar-refractivity contribution in [2.24, 2.45) is 0 Å². The van der Waals surface area contributed by atoms with Crippen molar-refractivity contribution >= 4 is 24.1 Å². The van der Waals surface area contributed by atoms with E-state index in [0.29, 0.717) is 11.1 Å². The minimum absolute atomic E-state index is 0.0173. The summed E-state index contributed by atoms with van der Waals surface area (Å²) >= 11 is 0. The van der Waals surface area contributed by atoms with Gasteiger partial charge in [-0.3, -0.25) is 0 Å². The molecule has 3 rings (SSSR count). The highest BCUT2D eigenvalue weighted by Crippen LogP contribution is 2.12. The lowest BCUT2D eigenvalue weighted by Crippen LogP contribution is -2.61. The molecule has 1 heterocycles. The van der Waals surface area contributed by atoms with E-state index in [1.807, 2.05) is 12.1 Å². The summed E-state index contributed by atoms with van der Waals surface area (Å²) in [5.41, 5.74) is -2.52. The molecule has 0 atom stereocenters. The molecule has 16 nitrogen and oxygen atoms in total.